The van der Waals surface area contributed by atoms with Gasteiger partial charge in [0.25, 0.3) is 0 Å². The molecule has 9 nitrogen and oxygen atoms in total. The van der Waals surface area contributed by atoms with Gasteiger partial charge in [0.1, 0.15) is 6.10 Å². The van der Waals surface area contributed by atoms with Crippen molar-refractivity contribution >= 4 is 39.5 Å². The van der Waals surface area contributed by atoms with Crippen LogP contribution in [0.5, 0.6) is 0 Å². The molecule has 1 rings (SSSR count). The number of nitrogens with one attached hydrogen (secondary N) is 3. The lowest BCUT2D eigenvalue weighted by molar-refractivity contribution is -0.122. The zero-order chi connectivity index (χ0) is 42.4. The predicted octanol–water partition coefficient (Wildman–Crippen LogP) is 9.55. The number of carbonyl (C=O) groups is 3. The fourth-order valence-corrected chi connectivity index (χ4v) is 6.66. The van der Waals surface area contributed by atoms with Crippen LogP contribution in [0.15, 0.2) is 97.2 Å². The van der Waals surface area contributed by atoms with Crippen molar-refractivity contribution < 1.29 is 29.3 Å². The van der Waals surface area contributed by atoms with Crippen molar-refractivity contribution in [2.75, 3.05) is 38.6 Å². The zero-order valence-corrected chi connectivity index (χ0v) is 37.1. The molecule has 320 valence electrons. The van der Waals surface area contributed by atoms with Gasteiger partial charge in [-0.15, -0.1) is 0 Å². The number of hydrogen-bond donors (Lipinski definition) is 5. The summed E-state index contributed by atoms with van der Waals surface area (Å²) in [5.74, 6) is 1.29. The van der Waals surface area contributed by atoms with Gasteiger partial charge in [0.05, 0.1) is 19.1 Å². The summed E-state index contributed by atoms with van der Waals surface area (Å²) >= 11 is 0. The van der Waals surface area contributed by atoms with Gasteiger partial charge in [-0.1, -0.05) is 153 Å². The van der Waals surface area contributed by atoms with Crippen LogP contribution in [0.4, 0.5) is 4.79 Å². The molecule has 5 N–H and O–H groups in total. The summed E-state index contributed by atoms with van der Waals surface area (Å²) in [7, 11) is 3.68. The molecule has 1 atom stereocenters. The molecule has 0 saturated heterocycles. The Bertz CT molecular complexity index is 1350. The highest BCUT2D eigenvalue weighted by Gasteiger charge is 2.15. The minimum atomic E-state index is -0.941. The standard InChI is InChI=1S/C27H43NOS2.C19H30N2O5/c1-4-5-6-7-8-9-10-11-12-13-14-15-16-17-18-19-20-21-22-23-27(29)28-24-25-30-31-26(2)3;1-13(2)10-15-4-6-16(7-5-15)14(3)18(24)20-8-9-21-19(25)26-17(11-22)12-23/h5-6,8-9,11-12,14-15,17-18,20-21,26H,4,7,10,13,16,19,22-25H2,1-3H3,(H,28,29);4-7,13-14,17,22-23H,8-12H2,1-3H3,(H,20,24)(H,21,25)/b6-5-,9-8-,12-11-,15-14-,18-17-,21-20-;. The van der Waals surface area contributed by atoms with E-state index in [0.29, 0.717) is 17.6 Å². The SMILES string of the molecule is CC(C)Cc1ccc(C(C)C(=O)NCCNC(=O)OC(CO)CO)cc1.CC/C=C\C/C=C\C/C=C\C/C=C\C/C=C\C/C=C\CCC(=O)NCCSSC(C)C. The maximum atomic E-state index is 12.2. The number of rotatable bonds is 29. The van der Waals surface area contributed by atoms with Crippen molar-refractivity contribution in [3.05, 3.63) is 108 Å². The van der Waals surface area contributed by atoms with E-state index in [1.165, 1.54) is 5.56 Å². The van der Waals surface area contributed by atoms with E-state index in [9.17, 15) is 14.4 Å². The summed E-state index contributed by atoms with van der Waals surface area (Å²) in [5.41, 5.74) is 2.19. The highest BCUT2D eigenvalue weighted by Crippen LogP contribution is 2.25. The molecular formula is C46H73N3O6S2. The summed E-state index contributed by atoms with van der Waals surface area (Å²) in [6.07, 6.45) is 33.1. The smallest absolute Gasteiger partial charge is 0.407 e. The second kappa shape index (κ2) is 38.0. The second-order valence-corrected chi connectivity index (χ2v) is 17.0. The van der Waals surface area contributed by atoms with E-state index in [4.69, 9.17) is 14.9 Å². The van der Waals surface area contributed by atoms with E-state index < -0.39 is 25.4 Å². The topological polar surface area (TPSA) is 137 Å². The molecule has 3 amide bonds. The number of ether oxygens (including phenoxy) is 1. The van der Waals surface area contributed by atoms with Crippen LogP contribution in [0.2, 0.25) is 0 Å². The molecule has 0 aliphatic heterocycles. The van der Waals surface area contributed by atoms with Crippen LogP contribution in [0.3, 0.4) is 0 Å². The van der Waals surface area contributed by atoms with Gasteiger partial charge in [-0.25, -0.2) is 4.79 Å². The zero-order valence-electron chi connectivity index (χ0n) is 35.5. The maximum Gasteiger partial charge on any atom is 0.407 e. The first-order valence-corrected chi connectivity index (χ1v) is 22.9. The molecular weight excluding hydrogens is 755 g/mol. The number of amides is 3. The molecule has 0 spiro atoms. The molecule has 0 fully saturated rings. The number of aliphatic hydroxyl groups is 2. The molecule has 0 saturated carbocycles. The lowest BCUT2D eigenvalue weighted by atomic mass is 9.96. The molecule has 1 aromatic rings. The third-order valence-corrected chi connectivity index (χ3v) is 10.7. The lowest BCUT2D eigenvalue weighted by Crippen LogP contribution is -2.38. The molecule has 0 bridgehead atoms. The summed E-state index contributed by atoms with van der Waals surface area (Å²) in [5, 5.41) is 26.5. The first-order valence-electron chi connectivity index (χ1n) is 20.5. The lowest BCUT2D eigenvalue weighted by Gasteiger charge is -2.15. The Balaban J connectivity index is 0.00000112. The van der Waals surface area contributed by atoms with Crippen LogP contribution in [-0.2, 0) is 20.7 Å². The van der Waals surface area contributed by atoms with Gasteiger partial charge in [-0.3, -0.25) is 9.59 Å². The summed E-state index contributed by atoms with van der Waals surface area (Å²) in [6.45, 7) is 13.0. The van der Waals surface area contributed by atoms with E-state index in [-0.39, 0.29) is 30.8 Å². The van der Waals surface area contributed by atoms with E-state index in [2.05, 4.69) is 136 Å². The molecule has 0 aliphatic rings. The number of alkyl carbamates (subject to hydrolysis) is 1. The van der Waals surface area contributed by atoms with Gasteiger partial charge in [-0.05, 0) is 75.3 Å². The van der Waals surface area contributed by atoms with Crippen LogP contribution >= 0.6 is 21.6 Å². The average molecular weight is 828 g/mol. The van der Waals surface area contributed by atoms with Gasteiger partial charge in [-0.2, -0.15) is 0 Å². The third-order valence-electron chi connectivity index (χ3n) is 7.79. The van der Waals surface area contributed by atoms with Crippen molar-refractivity contribution in [2.24, 2.45) is 5.92 Å². The number of hydrogen-bond acceptors (Lipinski definition) is 8. The predicted molar refractivity (Wildman–Crippen MR) is 244 cm³/mol. The fourth-order valence-electron chi connectivity index (χ4n) is 4.75. The molecule has 57 heavy (non-hydrogen) atoms. The molecule has 1 aromatic carbocycles. The van der Waals surface area contributed by atoms with E-state index in [0.717, 1.165) is 69.2 Å². The minimum absolute atomic E-state index is 0.125. The number of benzene rings is 1. The summed E-state index contributed by atoms with van der Waals surface area (Å²) < 4.78 is 4.75. The van der Waals surface area contributed by atoms with E-state index >= 15 is 0 Å². The number of aliphatic hydroxyl groups excluding tert-OH is 2. The Kier molecular flexibility index (Phi) is 35.7. The molecule has 0 radical (unpaired) electrons. The Morgan fingerprint density at radius 3 is 1.68 bits per heavy atom. The first-order chi connectivity index (χ1) is 27.5. The maximum absolute atomic E-state index is 12.2. The van der Waals surface area contributed by atoms with Crippen molar-refractivity contribution in [2.45, 2.75) is 117 Å². The second-order valence-electron chi connectivity index (χ2n) is 13.9. The Morgan fingerprint density at radius 1 is 0.684 bits per heavy atom. The highest BCUT2D eigenvalue weighted by molar-refractivity contribution is 8.76. The van der Waals surface area contributed by atoms with Crippen molar-refractivity contribution in [3.8, 4) is 0 Å². The van der Waals surface area contributed by atoms with Crippen LogP contribution in [0.25, 0.3) is 0 Å². The highest BCUT2D eigenvalue weighted by atomic mass is 33.1. The Labute approximate surface area is 352 Å². The normalized spacial score (nSPS) is 12.5. The summed E-state index contributed by atoms with van der Waals surface area (Å²) in [6, 6.07) is 8.05. The van der Waals surface area contributed by atoms with Crippen LogP contribution in [0, 0.1) is 5.92 Å². The number of carbonyl (C=O) groups excluding carboxylic acids is 3. The molecule has 1 unspecified atom stereocenters. The van der Waals surface area contributed by atoms with Gasteiger partial charge in [0.2, 0.25) is 11.8 Å². The van der Waals surface area contributed by atoms with Gasteiger partial charge < -0.3 is 30.9 Å². The Hall–Kier alpha value is -3.51. The van der Waals surface area contributed by atoms with Crippen LogP contribution in [0.1, 0.15) is 110 Å². The van der Waals surface area contributed by atoms with Crippen LogP contribution in [-0.4, -0.2) is 78.1 Å². The monoisotopic (exact) mass is 827 g/mol. The first kappa shape index (κ1) is 53.5. The van der Waals surface area contributed by atoms with Crippen molar-refractivity contribution in [1.29, 1.82) is 0 Å². The van der Waals surface area contributed by atoms with Gasteiger partial charge >= 0.3 is 6.09 Å². The van der Waals surface area contributed by atoms with E-state index in [1.807, 2.05) is 40.6 Å². The third kappa shape index (κ3) is 34.3. The fraction of sp³-hybridized carbons (Fsp3) is 0.543. The van der Waals surface area contributed by atoms with E-state index in [1.54, 1.807) is 0 Å². The Morgan fingerprint density at radius 2 is 1.19 bits per heavy atom. The largest absolute Gasteiger partial charge is 0.441 e. The molecule has 0 aromatic heterocycles. The molecule has 0 aliphatic carbocycles. The molecule has 11 heteroatoms. The molecule has 0 heterocycles. The van der Waals surface area contributed by atoms with Gasteiger partial charge in [0, 0.05) is 37.1 Å². The van der Waals surface area contributed by atoms with Gasteiger partial charge in [0.15, 0.2) is 0 Å². The van der Waals surface area contributed by atoms with Crippen LogP contribution < -0.4 is 16.0 Å². The van der Waals surface area contributed by atoms with Crippen molar-refractivity contribution in [1.82, 2.24) is 16.0 Å². The number of allylic oxidation sites excluding steroid dienone is 12. The van der Waals surface area contributed by atoms with Crippen molar-refractivity contribution in [3.63, 3.8) is 0 Å². The summed E-state index contributed by atoms with van der Waals surface area (Å²) in [4.78, 5) is 35.3. The minimum Gasteiger partial charge on any atom is -0.441 e. The quantitative estimate of drug-likeness (QED) is 0.0306. The average Bonchev–Trinajstić information content (AvgIpc) is 3.19.